The van der Waals surface area contributed by atoms with E-state index in [1.807, 2.05) is 54.5 Å². The van der Waals surface area contributed by atoms with Crippen LogP contribution in [0.2, 0.25) is 0 Å². The van der Waals surface area contributed by atoms with Gasteiger partial charge in [-0.3, -0.25) is 4.68 Å². The summed E-state index contributed by atoms with van der Waals surface area (Å²) in [5.41, 5.74) is 6.84. The van der Waals surface area contributed by atoms with Crippen molar-refractivity contribution in [1.29, 1.82) is 0 Å². The third kappa shape index (κ3) is 5.15. The van der Waals surface area contributed by atoms with Gasteiger partial charge in [0.15, 0.2) is 0 Å². The second kappa shape index (κ2) is 9.48. The minimum atomic E-state index is 0.655. The Morgan fingerprint density at radius 2 is 1.64 bits per heavy atom. The highest BCUT2D eigenvalue weighted by Gasteiger charge is 2.06. The van der Waals surface area contributed by atoms with E-state index in [1.54, 1.807) is 4.80 Å². The van der Waals surface area contributed by atoms with Crippen molar-refractivity contribution < 1.29 is 0 Å². The van der Waals surface area contributed by atoms with E-state index in [9.17, 15) is 0 Å². The van der Waals surface area contributed by atoms with Gasteiger partial charge in [-0.25, -0.2) is 0 Å². The van der Waals surface area contributed by atoms with Gasteiger partial charge in [0.05, 0.1) is 12.7 Å². The molecular weight excluding hydrogens is 410 g/mol. The molecular formula is C26H25N7. The quantitative estimate of drug-likeness (QED) is 0.386. The van der Waals surface area contributed by atoms with Gasteiger partial charge in [-0.2, -0.15) is 9.90 Å². The van der Waals surface area contributed by atoms with Crippen molar-refractivity contribution >= 4 is 5.69 Å². The summed E-state index contributed by atoms with van der Waals surface area (Å²) in [5, 5.41) is 20.6. The number of nitrogens with zero attached hydrogens (tertiary/aromatic N) is 6. The maximum Gasteiger partial charge on any atom is 0.204 e. The maximum atomic E-state index is 4.48. The molecule has 1 N–H and O–H groups in total. The molecule has 0 saturated heterocycles. The number of rotatable bonds is 8. The van der Waals surface area contributed by atoms with Crippen LogP contribution in [0.1, 0.15) is 11.1 Å². The van der Waals surface area contributed by atoms with Gasteiger partial charge in [-0.05, 0) is 46.5 Å². The summed E-state index contributed by atoms with van der Waals surface area (Å²) in [7, 11) is 1.93. The highest BCUT2D eigenvalue weighted by molar-refractivity contribution is 5.62. The Hall–Kier alpha value is -4.26. The monoisotopic (exact) mass is 435 g/mol. The highest BCUT2D eigenvalue weighted by Crippen LogP contribution is 2.20. The molecule has 0 aliphatic heterocycles. The fourth-order valence-electron chi connectivity index (χ4n) is 3.69. The molecule has 0 aliphatic carbocycles. The molecule has 0 aliphatic rings. The van der Waals surface area contributed by atoms with Crippen LogP contribution in [0.3, 0.4) is 0 Å². The van der Waals surface area contributed by atoms with Gasteiger partial charge in [0.2, 0.25) is 5.82 Å². The lowest BCUT2D eigenvalue weighted by Gasteiger charge is -2.09. The van der Waals surface area contributed by atoms with Gasteiger partial charge in [0.1, 0.15) is 0 Å². The van der Waals surface area contributed by atoms with Gasteiger partial charge in [0.25, 0.3) is 0 Å². The lowest BCUT2D eigenvalue weighted by molar-refractivity contribution is 0.523. The van der Waals surface area contributed by atoms with Crippen molar-refractivity contribution in [3.05, 3.63) is 102 Å². The van der Waals surface area contributed by atoms with E-state index in [-0.39, 0.29) is 0 Å². The number of hydrogen-bond donors (Lipinski definition) is 1. The standard InChI is InChI=1S/C26H25N7/c1-32-19-24(18-28-32)23-9-5-6-21(16-23)17-27-25-12-10-20(11-13-25)14-15-33-30-26(29-31-33)22-7-3-2-4-8-22/h2-13,16,18-19,27H,14-15,17H2,1H3. The van der Waals surface area contributed by atoms with Crippen molar-refractivity contribution in [2.75, 3.05) is 5.32 Å². The summed E-state index contributed by atoms with van der Waals surface area (Å²) in [5.74, 6) is 0.655. The summed E-state index contributed by atoms with van der Waals surface area (Å²) < 4.78 is 1.82. The van der Waals surface area contributed by atoms with Gasteiger partial charge in [-0.1, -0.05) is 60.7 Å². The van der Waals surface area contributed by atoms with E-state index < -0.39 is 0 Å². The summed E-state index contributed by atoms with van der Waals surface area (Å²) >= 11 is 0. The molecule has 7 nitrogen and oxygen atoms in total. The average molecular weight is 436 g/mol. The Labute approximate surface area is 192 Å². The fourth-order valence-corrected chi connectivity index (χ4v) is 3.69. The molecule has 5 rings (SSSR count). The largest absolute Gasteiger partial charge is 0.381 e. The number of aryl methyl sites for hydroxylation is 3. The van der Waals surface area contributed by atoms with Crippen LogP contribution in [-0.2, 0) is 26.6 Å². The predicted molar refractivity (Wildman–Crippen MR) is 129 cm³/mol. The van der Waals surface area contributed by atoms with Crippen LogP contribution in [-0.4, -0.2) is 30.0 Å². The van der Waals surface area contributed by atoms with Crippen molar-refractivity contribution in [1.82, 2.24) is 30.0 Å². The molecule has 0 radical (unpaired) electrons. The van der Waals surface area contributed by atoms with Crippen molar-refractivity contribution in [2.45, 2.75) is 19.5 Å². The lowest BCUT2D eigenvalue weighted by atomic mass is 10.1. The number of benzene rings is 3. The molecule has 7 heteroatoms. The Morgan fingerprint density at radius 3 is 2.42 bits per heavy atom. The predicted octanol–water partition coefficient (Wildman–Crippen LogP) is 4.60. The van der Waals surface area contributed by atoms with Crippen LogP contribution in [0.15, 0.2) is 91.3 Å². The summed E-state index contributed by atoms with van der Waals surface area (Å²) in [6, 6.07) is 27.0. The lowest BCUT2D eigenvalue weighted by Crippen LogP contribution is -2.05. The van der Waals surface area contributed by atoms with Gasteiger partial charge in [-0.15, -0.1) is 10.2 Å². The van der Waals surface area contributed by atoms with Gasteiger partial charge < -0.3 is 5.32 Å². The number of hydrogen-bond acceptors (Lipinski definition) is 5. The Bertz CT molecular complexity index is 1320. The van der Waals surface area contributed by atoms with Crippen molar-refractivity contribution in [3.8, 4) is 22.5 Å². The number of aromatic nitrogens is 6. The van der Waals surface area contributed by atoms with Crippen LogP contribution >= 0.6 is 0 Å². The molecule has 0 spiro atoms. The minimum absolute atomic E-state index is 0.655. The zero-order valence-corrected chi connectivity index (χ0v) is 18.5. The second-order valence-electron chi connectivity index (χ2n) is 7.98. The highest BCUT2D eigenvalue weighted by atomic mass is 15.6. The fraction of sp³-hybridized carbons (Fsp3) is 0.154. The zero-order valence-electron chi connectivity index (χ0n) is 18.5. The maximum absolute atomic E-state index is 4.48. The SMILES string of the molecule is Cn1cc(-c2cccc(CNc3ccc(CCn4nnc(-c5ccccc5)n4)cc3)c2)cn1. The first-order valence-electron chi connectivity index (χ1n) is 11.0. The zero-order chi connectivity index (χ0) is 22.5. The molecule has 0 fully saturated rings. The normalized spacial score (nSPS) is 10.9. The molecule has 0 amide bonds. The minimum Gasteiger partial charge on any atom is -0.381 e. The first kappa shape index (κ1) is 20.6. The molecule has 2 aromatic heterocycles. The molecule has 0 atom stereocenters. The molecule has 2 heterocycles. The van der Waals surface area contributed by atoms with Gasteiger partial charge >= 0.3 is 0 Å². The Morgan fingerprint density at radius 1 is 0.818 bits per heavy atom. The molecule has 33 heavy (non-hydrogen) atoms. The van der Waals surface area contributed by atoms with E-state index in [0.717, 1.165) is 29.8 Å². The third-order valence-corrected chi connectivity index (χ3v) is 5.50. The van der Waals surface area contributed by atoms with Crippen LogP contribution in [0.5, 0.6) is 0 Å². The molecule has 3 aromatic carbocycles. The van der Waals surface area contributed by atoms with Crippen LogP contribution in [0, 0.1) is 0 Å². The first-order chi connectivity index (χ1) is 16.2. The second-order valence-corrected chi connectivity index (χ2v) is 7.98. The van der Waals surface area contributed by atoms with E-state index >= 15 is 0 Å². The number of anilines is 1. The molecule has 164 valence electrons. The average Bonchev–Trinajstić information content (AvgIpc) is 3.52. The summed E-state index contributed by atoms with van der Waals surface area (Å²) in [6.07, 6.45) is 4.77. The van der Waals surface area contributed by atoms with Crippen molar-refractivity contribution in [2.24, 2.45) is 7.05 Å². The van der Waals surface area contributed by atoms with Crippen LogP contribution in [0.4, 0.5) is 5.69 Å². The number of tetrazole rings is 1. The summed E-state index contributed by atoms with van der Waals surface area (Å²) in [4.78, 5) is 1.66. The van der Waals surface area contributed by atoms with Crippen molar-refractivity contribution in [3.63, 3.8) is 0 Å². The number of nitrogens with one attached hydrogen (secondary N) is 1. The topological polar surface area (TPSA) is 73.5 Å². The summed E-state index contributed by atoms with van der Waals surface area (Å²) in [6.45, 7) is 1.45. The molecule has 0 saturated carbocycles. The Kier molecular flexibility index (Phi) is 5.93. The van der Waals surface area contributed by atoms with E-state index in [2.05, 4.69) is 74.4 Å². The van der Waals surface area contributed by atoms with E-state index in [0.29, 0.717) is 12.4 Å². The van der Waals surface area contributed by atoms with Crippen LogP contribution in [0.25, 0.3) is 22.5 Å². The Balaban J connectivity index is 1.15. The smallest absolute Gasteiger partial charge is 0.204 e. The molecule has 5 aromatic rings. The van der Waals surface area contributed by atoms with E-state index in [1.165, 1.54) is 16.7 Å². The molecule has 0 unspecified atom stereocenters. The third-order valence-electron chi connectivity index (χ3n) is 5.50. The van der Waals surface area contributed by atoms with E-state index in [4.69, 9.17) is 0 Å². The van der Waals surface area contributed by atoms with Gasteiger partial charge in [0, 0.05) is 36.6 Å². The molecule has 0 bridgehead atoms. The van der Waals surface area contributed by atoms with Crippen LogP contribution < -0.4 is 5.32 Å². The first-order valence-corrected chi connectivity index (χ1v) is 11.0.